The number of Topliss-reactive ketones (excluding diaryl/α,β-unsaturated/α-hetero) is 1. The third kappa shape index (κ3) is 4.42. The van der Waals surface area contributed by atoms with Crippen LogP contribution in [0.4, 0.5) is 0 Å². The van der Waals surface area contributed by atoms with Gasteiger partial charge in [-0.25, -0.2) is 0 Å². The van der Waals surface area contributed by atoms with Crippen molar-refractivity contribution in [1.29, 1.82) is 0 Å². The standard InChI is InChI=1S/C25H22O8S/c1-15-5-8-18(9-6-15)34(27,28)33-17-7-10-19-20(14-17)32-21(24(19)26)11-16-12-22(29-2)25(31-4)23(13-16)30-3/h5-14H,1-4H3/b21-11-. The first kappa shape index (κ1) is 23.2. The van der Waals surface area contributed by atoms with Gasteiger partial charge in [0.25, 0.3) is 0 Å². The second-order valence-electron chi connectivity index (χ2n) is 7.41. The second kappa shape index (κ2) is 9.11. The number of rotatable bonds is 7. The van der Waals surface area contributed by atoms with E-state index in [1.807, 2.05) is 6.92 Å². The highest BCUT2D eigenvalue weighted by Gasteiger charge is 2.29. The van der Waals surface area contributed by atoms with Gasteiger partial charge in [-0.3, -0.25) is 4.79 Å². The van der Waals surface area contributed by atoms with E-state index in [1.165, 1.54) is 57.7 Å². The molecule has 1 heterocycles. The Morgan fingerprint density at radius 2 is 1.50 bits per heavy atom. The molecule has 0 aromatic heterocycles. The second-order valence-corrected chi connectivity index (χ2v) is 8.95. The molecule has 0 aliphatic carbocycles. The van der Waals surface area contributed by atoms with Gasteiger partial charge in [-0.2, -0.15) is 8.42 Å². The van der Waals surface area contributed by atoms with Gasteiger partial charge in [0.05, 0.1) is 26.9 Å². The molecule has 3 aromatic carbocycles. The summed E-state index contributed by atoms with van der Waals surface area (Å²) >= 11 is 0. The number of hydrogen-bond acceptors (Lipinski definition) is 8. The first-order valence-corrected chi connectivity index (χ1v) is 11.6. The van der Waals surface area contributed by atoms with Crippen molar-refractivity contribution in [2.45, 2.75) is 11.8 Å². The number of allylic oxidation sites excluding steroid dienone is 1. The molecule has 0 bridgehead atoms. The van der Waals surface area contributed by atoms with Crippen LogP contribution in [-0.2, 0) is 10.1 Å². The number of methoxy groups -OCH3 is 3. The molecule has 0 saturated heterocycles. The van der Waals surface area contributed by atoms with Crippen LogP contribution < -0.4 is 23.1 Å². The van der Waals surface area contributed by atoms with E-state index in [9.17, 15) is 13.2 Å². The van der Waals surface area contributed by atoms with E-state index in [0.717, 1.165) is 5.56 Å². The van der Waals surface area contributed by atoms with E-state index in [1.54, 1.807) is 24.3 Å². The first-order chi connectivity index (χ1) is 16.2. The predicted octanol–water partition coefficient (Wildman–Crippen LogP) is 4.40. The van der Waals surface area contributed by atoms with Gasteiger partial charge in [0, 0.05) is 6.07 Å². The number of fused-ring (bicyclic) bond motifs is 1. The zero-order valence-electron chi connectivity index (χ0n) is 18.9. The molecule has 0 amide bonds. The molecule has 1 aliphatic rings. The molecule has 0 fully saturated rings. The van der Waals surface area contributed by atoms with E-state index >= 15 is 0 Å². The summed E-state index contributed by atoms with van der Waals surface area (Å²) in [6, 6.07) is 13.9. The Hall–Kier alpha value is -3.98. The van der Waals surface area contributed by atoms with Crippen LogP contribution in [0.15, 0.2) is 65.3 Å². The van der Waals surface area contributed by atoms with Crippen molar-refractivity contribution in [2.75, 3.05) is 21.3 Å². The van der Waals surface area contributed by atoms with Gasteiger partial charge in [0.1, 0.15) is 16.4 Å². The quantitative estimate of drug-likeness (QED) is 0.361. The monoisotopic (exact) mass is 482 g/mol. The molecule has 9 heteroatoms. The minimum absolute atomic E-state index is 0.0265. The lowest BCUT2D eigenvalue weighted by molar-refractivity contribution is 0.101. The maximum atomic E-state index is 12.8. The Bertz CT molecular complexity index is 1360. The molecular formula is C25H22O8S. The summed E-state index contributed by atoms with van der Waals surface area (Å²) in [5.41, 5.74) is 1.80. The van der Waals surface area contributed by atoms with Gasteiger partial charge < -0.3 is 23.1 Å². The minimum Gasteiger partial charge on any atom is -0.493 e. The first-order valence-electron chi connectivity index (χ1n) is 10.1. The lowest BCUT2D eigenvalue weighted by atomic mass is 10.1. The number of ketones is 1. The van der Waals surface area contributed by atoms with Crippen LogP contribution in [0.2, 0.25) is 0 Å². The number of carbonyl (C=O) groups is 1. The number of aryl methyl sites for hydroxylation is 1. The van der Waals surface area contributed by atoms with E-state index in [-0.39, 0.29) is 27.9 Å². The fraction of sp³-hybridized carbons (Fsp3) is 0.160. The molecule has 3 aromatic rings. The van der Waals surface area contributed by atoms with Gasteiger partial charge in [-0.05, 0) is 55.0 Å². The van der Waals surface area contributed by atoms with Gasteiger partial charge >= 0.3 is 10.1 Å². The van der Waals surface area contributed by atoms with Crippen molar-refractivity contribution < 1.29 is 36.3 Å². The third-order valence-electron chi connectivity index (χ3n) is 5.14. The Labute approximate surface area is 197 Å². The minimum atomic E-state index is -4.04. The van der Waals surface area contributed by atoms with Crippen molar-refractivity contribution in [1.82, 2.24) is 0 Å². The van der Waals surface area contributed by atoms with Crippen molar-refractivity contribution in [3.63, 3.8) is 0 Å². The number of hydrogen-bond donors (Lipinski definition) is 0. The highest BCUT2D eigenvalue weighted by Crippen LogP contribution is 2.40. The topological polar surface area (TPSA) is 97.4 Å². The predicted molar refractivity (Wildman–Crippen MR) is 124 cm³/mol. The zero-order chi connectivity index (χ0) is 24.5. The van der Waals surface area contributed by atoms with E-state index < -0.39 is 10.1 Å². The molecule has 0 radical (unpaired) electrons. The summed E-state index contributed by atoms with van der Waals surface area (Å²) in [5.74, 6) is 1.20. The van der Waals surface area contributed by atoms with E-state index in [2.05, 4.69) is 0 Å². The van der Waals surface area contributed by atoms with Gasteiger partial charge in [0.15, 0.2) is 17.3 Å². The molecule has 4 rings (SSSR count). The fourth-order valence-electron chi connectivity index (χ4n) is 3.43. The van der Waals surface area contributed by atoms with Crippen molar-refractivity contribution in [3.05, 3.63) is 77.0 Å². The van der Waals surface area contributed by atoms with Crippen molar-refractivity contribution in [3.8, 4) is 28.7 Å². The summed E-state index contributed by atoms with van der Waals surface area (Å²) in [4.78, 5) is 12.9. The van der Waals surface area contributed by atoms with Crippen LogP contribution in [-0.4, -0.2) is 35.5 Å². The number of benzene rings is 3. The van der Waals surface area contributed by atoms with Gasteiger partial charge in [-0.1, -0.05) is 17.7 Å². The van der Waals surface area contributed by atoms with Crippen LogP contribution >= 0.6 is 0 Å². The van der Waals surface area contributed by atoms with Crippen molar-refractivity contribution in [2.24, 2.45) is 0 Å². The molecule has 0 unspecified atom stereocenters. The van der Waals surface area contributed by atoms with Crippen LogP contribution in [0.1, 0.15) is 21.5 Å². The third-order valence-corrected chi connectivity index (χ3v) is 6.40. The normalized spacial score (nSPS) is 13.9. The summed E-state index contributed by atoms with van der Waals surface area (Å²) < 4.78 is 52.1. The van der Waals surface area contributed by atoms with Crippen LogP contribution in [0.5, 0.6) is 28.7 Å². The maximum absolute atomic E-state index is 12.8. The molecule has 176 valence electrons. The van der Waals surface area contributed by atoms with Crippen LogP contribution in [0.25, 0.3) is 6.08 Å². The van der Waals surface area contributed by atoms with Crippen molar-refractivity contribution >= 4 is 22.0 Å². The summed E-state index contributed by atoms with van der Waals surface area (Å²) in [7, 11) is 0.445. The summed E-state index contributed by atoms with van der Waals surface area (Å²) in [5, 5.41) is 0. The van der Waals surface area contributed by atoms with E-state index in [0.29, 0.717) is 28.4 Å². The molecule has 0 atom stereocenters. The molecule has 0 spiro atoms. The van der Waals surface area contributed by atoms with Gasteiger partial charge in [0.2, 0.25) is 11.5 Å². The molecule has 0 N–H and O–H groups in total. The highest BCUT2D eigenvalue weighted by atomic mass is 32.2. The Balaban J connectivity index is 1.62. The Kier molecular flexibility index (Phi) is 6.21. The zero-order valence-corrected chi connectivity index (χ0v) is 19.8. The number of carbonyl (C=O) groups excluding carboxylic acids is 1. The SMILES string of the molecule is COc1cc(/C=C2\Oc3cc(OS(=O)(=O)c4ccc(C)cc4)ccc3C2=O)cc(OC)c1OC. The lowest BCUT2D eigenvalue weighted by Gasteiger charge is -2.13. The highest BCUT2D eigenvalue weighted by molar-refractivity contribution is 7.87. The van der Waals surface area contributed by atoms with Crippen LogP contribution in [0, 0.1) is 6.92 Å². The molecule has 8 nitrogen and oxygen atoms in total. The Morgan fingerprint density at radius 1 is 0.853 bits per heavy atom. The van der Waals surface area contributed by atoms with Gasteiger partial charge in [-0.15, -0.1) is 0 Å². The smallest absolute Gasteiger partial charge is 0.339 e. The Morgan fingerprint density at radius 3 is 2.09 bits per heavy atom. The summed E-state index contributed by atoms with van der Waals surface area (Å²) in [6.45, 7) is 1.86. The van der Waals surface area contributed by atoms with E-state index in [4.69, 9.17) is 23.1 Å². The molecule has 1 aliphatic heterocycles. The van der Waals surface area contributed by atoms with Crippen LogP contribution in [0.3, 0.4) is 0 Å². The molecule has 0 saturated carbocycles. The molecule has 34 heavy (non-hydrogen) atoms. The number of ether oxygens (including phenoxy) is 4. The fourth-order valence-corrected chi connectivity index (χ4v) is 4.36. The largest absolute Gasteiger partial charge is 0.493 e. The average Bonchev–Trinajstić information content (AvgIpc) is 3.12. The summed E-state index contributed by atoms with van der Waals surface area (Å²) in [6.07, 6.45) is 1.54. The molecular weight excluding hydrogens is 460 g/mol. The average molecular weight is 483 g/mol. The lowest BCUT2D eigenvalue weighted by Crippen LogP contribution is -2.09. The maximum Gasteiger partial charge on any atom is 0.339 e.